The monoisotopic (exact) mass is 342 g/mol. The minimum Gasteiger partial charge on any atom is -0.370 e. The number of fused-ring (bicyclic) bond motifs is 1. The summed E-state index contributed by atoms with van der Waals surface area (Å²) in [5, 5.41) is 2.19. The van der Waals surface area contributed by atoms with Gasteiger partial charge in [-0.3, -0.25) is 29.4 Å². The number of hydrogen-bond donors (Lipinski definition) is 2. The van der Waals surface area contributed by atoms with Gasteiger partial charge in [0.1, 0.15) is 6.04 Å². The minimum absolute atomic E-state index is 0.102. The molecular formula is C17H18N4O4. The van der Waals surface area contributed by atoms with Crippen molar-refractivity contribution >= 4 is 29.3 Å². The Morgan fingerprint density at radius 1 is 1.04 bits per heavy atom. The molecule has 3 N–H and O–H groups in total. The Kier molecular flexibility index (Phi) is 3.57. The van der Waals surface area contributed by atoms with Crippen molar-refractivity contribution in [1.29, 1.82) is 0 Å². The third-order valence-electron chi connectivity index (χ3n) is 5.01. The van der Waals surface area contributed by atoms with Crippen LogP contribution in [0.15, 0.2) is 18.2 Å². The van der Waals surface area contributed by atoms with Gasteiger partial charge in [-0.15, -0.1) is 0 Å². The van der Waals surface area contributed by atoms with Gasteiger partial charge in [-0.1, -0.05) is 0 Å². The number of nitrogens with two attached hydrogens (primary N) is 1. The molecule has 0 aliphatic carbocycles. The molecule has 25 heavy (non-hydrogen) atoms. The van der Waals surface area contributed by atoms with Crippen molar-refractivity contribution in [3.63, 3.8) is 0 Å². The van der Waals surface area contributed by atoms with Crippen LogP contribution in [0.3, 0.4) is 0 Å². The molecule has 0 radical (unpaired) electrons. The molecule has 3 aliphatic rings. The highest BCUT2D eigenvalue weighted by Crippen LogP contribution is 2.31. The first-order chi connectivity index (χ1) is 12.0. The van der Waals surface area contributed by atoms with Gasteiger partial charge < -0.3 is 10.6 Å². The number of amides is 4. The van der Waals surface area contributed by atoms with Gasteiger partial charge in [-0.2, -0.15) is 0 Å². The van der Waals surface area contributed by atoms with Crippen molar-refractivity contribution in [3.8, 4) is 0 Å². The molecule has 2 saturated heterocycles. The second-order valence-electron chi connectivity index (χ2n) is 6.67. The standard InChI is InChI=1S/C17H18N4O4/c18-9-5-6-20(8-9)10-1-2-11-12(7-10)17(25)21(16(11)24)13-3-4-14(22)19-15(13)23/h1-2,7,9,13H,3-6,8,18H2,(H,19,22,23)/t9-,13?/m1/s1. The highest BCUT2D eigenvalue weighted by atomic mass is 16.2. The number of hydrogen-bond acceptors (Lipinski definition) is 6. The highest BCUT2D eigenvalue weighted by molar-refractivity contribution is 6.23. The number of nitrogens with one attached hydrogen (secondary N) is 1. The van der Waals surface area contributed by atoms with Crippen LogP contribution in [-0.4, -0.2) is 53.7 Å². The summed E-state index contributed by atoms with van der Waals surface area (Å²) in [6, 6.07) is 4.29. The lowest BCUT2D eigenvalue weighted by Crippen LogP contribution is -2.54. The summed E-state index contributed by atoms with van der Waals surface area (Å²) in [7, 11) is 0. The summed E-state index contributed by atoms with van der Waals surface area (Å²) in [5.74, 6) is -1.96. The molecule has 4 rings (SSSR count). The van der Waals surface area contributed by atoms with Gasteiger partial charge in [0.2, 0.25) is 11.8 Å². The SMILES string of the molecule is N[C@@H]1CCN(c2ccc3c(c2)C(=O)N(C2CCC(=O)NC2=O)C3=O)C1. The van der Waals surface area contributed by atoms with Crippen LogP contribution in [-0.2, 0) is 9.59 Å². The van der Waals surface area contributed by atoms with E-state index in [4.69, 9.17) is 5.73 Å². The first kappa shape index (κ1) is 15.8. The van der Waals surface area contributed by atoms with E-state index in [0.717, 1.165) is 23.6 Å². The summed E-state index contributed by atoms with van der Waals surface area (Å²) in [6.07, 6.45) is 1.15. The number of nitrogens with zero attached hydrogens (tertiary/aromatic N) is 2. The molecule has 1 aromatic rings. The molecule has 1 aromatic carbocycles. The molecule has 0 bridgehead atoms. The van der Waals surface area contributed by atoms with E-state index in [1.54, 1.807) is 18.2 Å². The fraction of sp³-hybridized carbons (Fsp3) is 0.412. The molecule has 3 aliphatic heterocycles. The average Bonchev–Trinajstić information content (AvgIpc) is 3.11. The molecule has 8 heteroatoms. The summed E-state index contributed by atoms with van der Waals surface area (Å²) < 4.78 is 0. The smallest absolute Gasteiger partial charge is 0.262 e. The van der Waals surface area contributed by atoms with Crippen LogP contribution in [0.25, 0.3) is 0 Å². The minimum atomic E-state index is -0.936. The third-order valence-corrected chi connectivity index (χ3v) is 5.01. The maximum Gasteiger partial charge on any atom is 0.262 e. The lowest BCUT2D eigenvalue weighted by Gasteiger charge is -2.27. The van der Waals surface area contributed by atoms with Crippen LogP contribution in [0.1, 0.15) is 40.0 Å². The topological polar surface area (TPSA) is 113 Å². The number of carbonyl (C=O) groups excluding carboxylic acids is 4. The largest absolute Gasteiger partial charge is 0.370 e. The van der Waals surface area contributed by atoms with Crippen molar-refractivity contribution in [1.82, 2.24) is 10.2 Å². The van der Waals surface area contributed by atoms with Gasteiger partial charge in [0.15, 0.2) is 0 Å². The van der Waals surface area contributed by atoms with Crippen LogP contribution < -0.4 is 16.0 Å². The number of imide groups is 2. The summed E-state index contributed by atoms with van der Waals surface area (Å²) >= 11 is 0. The number of rotatable bonds is 2. The van der Waals surface area contributed by atoms with Crippen molar-refractivity contribution in [2.24, 2.45) is 5.73 Å². The lowest BCUT2D eigenvalue weighted by atomic mass is 10.0. The average molecular weight is 342 g/mol. The Bertz CT molecular complexity index is 806. The lowest BCUT2D eigenvalue weighted by molar-refractivity contribution is -0.136. The fourth-order valence-electron chi connectivity index (χ4n) is 3.68. The number of benzene rings is 1. The normalized spacial score (nSPS) is 26.3. The highest BCUT2D eigenvalue weighted by Gasteiger charge is 2.44. The summed E-state index contributed by atoms with van der Waals surface area (Å²) in [5.41, 5.74) is 7.37. The Morgan fingerprint density at radius 2 is 1.80 bits per heavy atom. The Hall–Kier alpha value is -2.74. The second kappa shape index (κ2) is 5.66. The maximum atomic E-state index is 12.8. The van der Waals surface area contributed by atoms with Crippen molar-refractivity contribution < 1.29 is 19.2 Å². The first-order valence-corrected chi connectivity index (χ1v) is 8.32. The molecular weight excluding hydrogens is 324 g/mol. The van der Waals surface area contributed by atoms with Crippen LogP contribution in [0, 0.1) is 0 Å². The first-order valence-electron chi connectivity index (χ1n) is 8.32. The molecule has 4 amide bonds. The molecule has 0 saturated carbocycles. The van der Waals surface area contributed by atoms with Crippen molar-refractivity contribution in [3.05, 3.63) is 29.3 Å². The maximum absolute atomic E-state index is 12.8. The molecule has 8 nitrogen and oxygen atoms in total. The molecule has 0 aromatic heterocycles. The predicted octanol–water partition coefficient (Wildman–Crippen LogP) is -0.375. The van der Waals surface area contributed by atoms with Crippen molar-refractivity contribution in [2.75, 3.05) is 18.0 Å². The molecule has 3 heterocycles. The molecule has 2 atom stereocenters. The van der Waals surface area contributed by atoms with Gasteiger partial charge in [0, 0.05) is 31.2 Å². The van der Waals surface area contributed by atoms with Gasteiger partial charge in [0.25, 0.3) is 11.8 Å². The van der Waals surface area contributed by atoms with E-state index in [1.165, 1.54) is 0 Å². The van der Waals surface area contributed by atoms with E-state index in [9.17, 15) is 19.2 Å². The van der Waals surface area contributed by atoms with E-state index in [-0.39, 0.29) is 24.8 Å². The predicted molar refractivity (Wildman–Crippen MR) is 87.9 cm³/mol. The Balaban J connectivity index is 1.63. The zero-order chi connectivity index (χ0) is 17.7. The van der Waals surface area contributed by atoms with Crippen LogP contribution in [0.5, 0.6) is 0 Å². The van der Waals surface area contributed by atoms with Gasteiger partial charge >= 0.3 is 0 Å². The number of piperidine rings is 1. The Morgan fingerprint density at radius 3 is 2.48 bits per heavy atom. The second-order valence-corrected chi connectivity index (χ2v) is 6.67. The summed E-state index contributed by atoms with van der Waals surface area (Å²) in [4.78, 5) is 51.8. The van der Waals surface area contributed by atoms with E-state index >= 15 is 0 Å². The van der Waals surface area contributed by atoms with E-state index < -0.39 is 23.8 Å². The number of anilines is 1. The van der Waals surface area contributed by atoms with Crippen LogP contribution in [0.2, 0.25) is 0 Å². The summed E-state index contributed by atoms with van der Waals surface area (Å²) in [6.45, 7) is 1.51. The Labute approximate surface area is 143 Å². The molecule has 0 spiro atoms. The van der Waals surface area contributed by atoms with Gasteiger partial charge in [-0.05, 0) is 31.0 Å². The number of carbonyl (C=O) groups is 4. The molecule has 1 unspecified atom stereocenters. The van der Waals surface area contributed by atoms with Gasteiger partial charge in [0.05, 0.1) is 11.1 Å². The zero-order valence-electron chi connectivity index (χ0n) is 13.5. The quantitative estimate of drug-likeness (QED) is 0.709. The van der Waals surface area contributed by atoms with Crippen molar-refractivity contribution in [2.45, 2.75) is 31.3 Å². The van der Waals surface area contributed by atoms with E-state index in [0.29, 0.717) is 17.7 Å². The van der Waals surface area contributed by atoms with E-state index in [1.807, 2.05) is 0 Å². The van der Waals surface area contributed by atoms with Crippen LogP contribution in [0.4, 0.5) is 5.69 Å². The molecule has 130 valence electrons. The zero-order valence-corrected chi connectivity index (χ0v) is 13.5. The van der Waals surface area contributed by atoms with Crippen LogP contribution >= 0.6 is 0 Å². The fourth-order valence-corrected chi connectivity index (χ4v) is 3.68. The molecule has 2 fully saturated rings. The van der Waals surface area contributed by atoms with E-state index in [2.05, 4.69) is 10.2 Å². The van der Waals surface area contributed by atoms with Gasteiger partial charge in [-0.25, -0.2) is 0 Å². The third kappa shape index (κ3) is 2.49.